The summed E-state index contributed by atoms with van der Waals surface area (Å²) in [6.07, 6.45) is 4.73. The van der Waals surface area contributed by atoms with E-state index in [0.717, 1.165) is 19.3 Å². The molecule has 0 saturated carbocycles. The molecule has 0 heterocycles. The van der Waals surface area contributed by atoms with Gasteiger partial charge in [0.05, 0.1) is 5.60 Å². The van der Waals surface area contributed by atoms with Crippen LogP contribution in [0.15, 0.2) is 10.2 Å². The molecule has 2 atom stereocenters. The molecular weight excluding hydrogens is 279 g/mol. The molecule has 0 amide bonds. The molecule has 0 rings (SSSR count). The topological polar surface area (TPSA) is 40.5 Å². The first-order valence-corrected chi connectivity index (χ1v) is 5.96. The second kappa shape index (κ2) is 6.79. The van der Waals surface area contributed by atoms with Crippen LogP contribution < -0.4 is 0 Å². The number of hydrogen-bond acceptors (Lipinski definition) is 2. The van der Waals surface area contributed by atoms with Crippen LogP contribution >= 0.6 is 22.6 Å². The van der Waals surface area contributed by atoms with E-state index in [2.05, 4.69) is 6.92 Å². The fourth-order valence-corrected chi connectivity index (χ4v) is 1.55. The van der Waals surface area contributed by atoms with Crippen molar-refractivity contribution in [3.05, 3.63) is 10.2 Å². The normalized spacial score (nSPS) is 18.8. The highest BCUT2D eigenvalue weighted by atomic mass is 127. The van der Waals surface area contributed by atoms with Gasteiger partial charge in [0.25, 0.3) is 0 Å². The number of unbranched alkanes of at least 4 members (excludes halogenated alkanes) is 2. The van der Waals surface area contributed by atoms with Crippen molar-refractivity contribution in [3.63, 3.8) is 0 Å². The molecule has 13 heavy (non-hydrogen) atoms. The van der Waals surface area contributed by atoms with Crippen LogP contribution in [0, 0.1) is 0 Å². The second-order valence-electron chi connectivity index (χ2n) is 3.58. The van der Waals surface area contributed by atoms with Gasteiger partial charge in [0.15, 0.2) is 0 Å². The van der Waals surface area contributed by atoms with Gasteiger partial charge < -0.3 is 10.2 Å². The van der Waals surface area contributed by atoms with Crippen molar-refractivity contribution < 1.29 is 10.2 Å². The van der Waals surface area contributed by atoms with Crippen LogP contribution in [0.2, 0.25) is 0 Å². The van der Waals surface area contributed by atoms with Gasteiger partial charge in [-0.25, -0.2) is 0 Å². The van der Waals surface area contributed by atoms with E-state index in [1.807, 2.05) is 22.6 Å². The molecule has 0 aliphatic heterocycles. The molecule has 0 aromatic rings. The Morgan fingerprint density at radius 1 is 1.46 bits per heavy atom. The molecule has 0 aromatic heterocycles. The summed E-state index contributed by atoms with van der Waals surface area (Å²) in [6.45, 7) is 3.81. The van der Waals surface area contributed by atoms with E-state index in [1.54, 1.807) is 17.1 Å². The maximum atomic E-state index is 9.84. The van der Waals surface area contributed by atoms with Gasteiger partial charge in [0, 0.05) is 0 Å². The Kier molecular flexibility index (Phi) is 6.99. The fraction of sp³-hybridized carbons (Fsp3) is 0.800. The largest absolute Gasteiger partial charge is 0.387 e. The lowest BCUT2D eigenvalue weighted by atomic mass is 9.92. The SMILES string of the molecule is CCCCCC(C)(O)C(O)C=CI. The van der Waals surface area contributed by atoms with Crippen molar-refractivity contribution in [2.45, 2.75) is 51.2 Å². The standard InChI is InChI=1S/C10H19IO2/c1-3-4-5-7-10(2,13)9(12)6-8-11/h6,8-9,12-13H,3-5,7H2,1-2H3. The minimum absolute atomic E-state index is 0.656. The lowest BCUT2D eigenvalue weighted by Crippen LogP contribution is -2.37. The van der Waals surface area contributed by atoms with Crippen LogP contribution in [-0.2, 0) is 0 Å². The van der Waals surface area contributed by atoms with Gasteiger partial charge in [-0.05, 0) is 23.5 Å². The van der Waals surface area contributed by atoms with Crippen molar-refractivity contribution in [3.8, 4) is 0 Å². The van der Waals surface area contributed by atoms with Gasteiger partial charge in [0.1, 0.15) is 6.10 Å². The van der Waals surface area contributed by atoms with Crippen LogP contribution in [0.1, 0.15) is 39.5 Å². The highest BCUT2D eigenvalue weighted by Crippen LogP contribution is 2.19. The molecule has 2 nitrogen and oxygen atoms in total. The molecule has 0 radical (unpaired) electrons. The maximum Gasteiger partial charge on any atom is 0.101 e. The molecule has 0 spiro atoms. The number of halogens is 1. The van der Waals surface area contributed by atoms with E-state index in [4.69, 9.17) is 0 Å². The van der Waals surface area contributed by atoms with Crippen molar-refractivity contribution in [2.75, 3.05) is 0 Å². The monoisotopic (exact) mass is 298 g/mol. The third kappa shape index (κ3) is 5.65. The van der Waals surface area contributed by atoms with Crippen LogP contribution in [-0.4, -0.2) is 21.9 Å². The van der Waals surface area contributed by atoms with E-state index in [-0.39, 0.29) is 0 Å². The zero-order valence-corrected chi connectivity index (χ0v) is 10.5. The Bertz CT molecular complexity index is 155. The summed E-state index contributed by atoms with van der Waals surface area (Å²) in [5.41, 5.74) is -0.975. The highest BCUT2D eigenvalue weighted by molar-refractivity contribution is 14.1. The average molecular weight is 298 g/mol. The predicted octanol–water partition coefficient (Wildman–Crippen LogP) is 2.63. The Balaban J connectivity index is 3.90. The minimum Gasteiger partial charge on any atom is -0.387 e. The smallest absolute Gasteiger partial charge is 0.101 e. The molecule has 0 fully saturated rings. The van der Waals surface area contributed by atoms with Gasteiger partial charge in [-0.3, -0.25) is 0 Å². The molecule has 3 heteroatoms. The summed E-state index contributed by atoms with van der Waals surface area (Å²) in [4.78, 5) is 0. The zero-order chi connectivity index (χ0) is 10.3. The summed E-state index contributed by atoms with van der Waals surface area (Å²) in [5.74, 6) is 0. The summed E-state index contributed by atoms with van der Waals surface area (Å²) in [5, 5.41) is 19.4. The summed E-state index contributed by atoms with van der Waals surface area (Å²) >= 11 is 2.04. The van der Waals surface area contributed by atoms with Crippen LogP contribution in [0.5, 0.6) is 0 Å². The molecule has 0 aliphatic rings. The lowest BCUT2D eigenvalue weighted by molar-refractivity contribution is -0.0447. The van der Waals surface area contributed by atoms with E-state index >= 15 is 0 Å². The van der Waals surface area contributed by atoms with E-state index in [0.29, 0.717) is 6.42 Å². The van der Waals surface area contributed by atoms with Gasteiger partial charge >= 0.3 is 0 Å². The van der Waals surface area contributed by atoms with Crippen LogP contribution in [0.4, 0.5) is 0 Å². The summed E-state index contributed by atoms with van der Waals surface area (Å²) in [7, 11) is 0. The molecule has 0 saturated heterocycles. The molecule has 0 aromatic carbocycles. The van der Waals surface area contributed by atoms with Crippen LogP contribution in [0.3, 0.4) is 0 Å². The third-order valence-corrected chi connectivity index (χ3v) is 2.59. The van der Waals surface area contributed by atoms with Crippen LogP contribution in [0.25, 0.3) is 0 Å². The fourth-order valence-electron chi connectivity index (χ4n) is 1.16. The Labute approximate surface area is 94.2 Å². The first-order valence-electron chi connectivity index (χ1n) is 4.72. The van der Waals surface area contributed by atoms with Gasteiger partial charge in [-0.15, -0.1) is 0 Å². The Morgan fingerprint density at radius 2 is 2.08 bits per heavy atom. The first kappa shape index (κ1) is 13.4. The van der Waals surface area contributed by atoms with E-state index < -0.39 is 11.7 Å². The molecular formula is C10H19IO2. The molecule has 0 aliphatic carbocycles. The zero-order valence-electron chi connectivity index (χ0n) is 8.33. The molecule has 2 unspecified atom stereocenters. The van der Waals surface area contributed by atoms with Crippen molar-refractivity contribution >= 4 is 22.6 Å². The third-order valence-electron chi connectivity index (χ3n) is 2.18. The maximum absolute atomic E-state index is 9.84. The number of aliphatic hydroxyl groups excluding tert-OH is 1. The van der Waals surface area contributed by atoms with Gasteiger partial charge in [-0.1, -0.05) is 48.8 Å². The second-order valence-corrected chi connectivity index (χ2v) is 4.30. The van der Waals surface area contributed by atoms with Crippen molar-refractivity contribution in [1.82, 2.24) is 0 Å². The van der Waals surface area contributed by atoms with Crippen molar-refractivity contribution in [1.29, 1.82) is 0 Å². The Morgan fingerprint density at radius 3 is 2.54 bits per heavy atom. The van der Waals surface area contributed by atoms with Gasteiger partial charge in [-0.2, -0.15) is 0 Å². The van der Waals surface area contributed by atoms with Gasteiger partial charge in [0.2, 0.25) is 0 Å². The summed E-state index contributed by atoms with van der Waals surface area (Å²) in [6, 6.07) is 0. The lowest BCUT2D eigenvalue weighted by Gasteiger charge is -2.26. The number of aliphatic hydroxyl groups is 2. The minimum atomic E-state index is -0.975. The molecule has 0 bridgehead atoms. The predicted molar refractivity (Wildman–Crippen MR) is 63.9 cm³/mol. The summed E-state index contributed by atoms with van der Waals surface area (Å²) < 4.78 is 1.73. The average Bonchev–Trinajstić information content (AvgIpc) is 2.05. The first-order chi connectivity index (χ1) is 6.04. The molecule has 2 N–H and O–H groups in total. The molecule has 78 valence electrons. The number of hydrogen-bond donors (Lipinski definition) is 2. The highest BCUT2D eigenvalue weighted by Gasteiger charge is 2.27. The Hall–Kier alpha value is 0.390. The number of rotatable bonds is 6. The quantitative estimate of drug-likeness (QED) is 0.584. The van der Waals surface area contributed by atoms with Crippen molar-refractivity contribution in [2.24, 2.45) is 0 Å². The van der Waals surface area contributed by atoms with E-state index in [1.165, 1.54) is 0 Å². The van der Waals surface area contributed by atoms with E-state index in [9.17, 15) is 10.2 Å².